The largest absolute Gasteiger partial charge is 0.496 e. The fourth-order valence-electron chi connectivity index (χ4n) is 1.98. The zero-order valence-corrected chi connectivity index (χ0v) is 12.2. The summed E-state index contributed by atoms with van der Waals surface area (Å²) in [6, 6.07) is 4.14. The molecule has 4 heteroatoms. The molecule has 0 atom stereocenters. The molecule has 1 aromatic rings. The molecule has 0 saturated heterocycles. The number of benzene rings is 1. The Morgan fingerprint density at radius 2 is 2.11 bits per heavy atom. The van der Waals surface area contributed by atoms with Crippen LogP contribution in [0.4, 0.5) is 0 Å². The van der Waals surface area contributed by atoms with Gasteiger partial charge in [-0.3, -0.25) is 4.79 Å². The summed E-state index contributed by atoms with van der Waals surface area (Å²) in [6.45, 7) is 7.20. The van der Waals surface area contributed by atoms with Gasteiger partial charge in [0.15, 0.2) is 0 Å². The molecule has 0 radical (unpaired) electrons. The van der Waals surface area contributed by atoms with Crippen molar-refractivity contribution < 1.29 is 9.53 Å². The van der Waals surface area contributed by atoms with Crippen molar-refractivity contribution in [2.45, 2.75) is 39.7 Å². The Kier molecular flexibility index (Phi) is 5.83. The third-order valence-corrected chi connectivity index (χ3v) is 3.16. The van der Waals surface area contributed by atoms with Crippen LogP contribution >= 0.6 is 0 Å². The maximum absolute atomic E-state index is 11.5. The number of carbonyl (C=O) groups excluding carboxylic acids is 1. The number of amides is 1. The van der Waals surface area contributed by atoms with Gasteiger partial charge in [0.1, 0.15) is 5.75 Å². The second kappa shape index (κ2) is 7.14. The van der Waals surface area contributed by atoms with E-state index in [9.17, 15) is 4.79 Å². The first-order valence-corrected chi connectivity index (χ1v) is 6.63. The lowest BCUT2D eigenvalue weighted by atomic mass is 9.96. The molecule has 0 fully saturated rings. The quantitative estimate of drug-likeness (QED) is 0.827. The molecule has 1 rings (SSSR count). The lowest BCUT2D eigenvalue weighted by molar-refractivity contribution is -0.121. The van der Waals surface area contributed by atoms with Crippen molar-refractivity contribution in [1.29, 1.82) is 0 Å². The summed E-state index contributed by atoms with van der Waals surface area (Å²) >= 11 is 0. The van der Waals surface area contributed by atoms with E-state index in [1.807, 2.05) is 13.0 Å². The zero-order valence-electron chi connectivity index (χ0n) is 12.2. The van der Waals surface area contributed by atoms with E-state index in [2.05, 4.69) is 25.2 Å². The van der Waals surface area contributed by atoms with Gasteiger partial charge in [-0.15, -0.1) is 0 Å². The minimum Gasteiger partial charge on any atom is -0.496 e. The van der Waals surface area contributed by atoms with E-state index in [1.165, 1.54) is 0 Å². The molecule has 0 unspecified atom stereocenters. The van der Waals surface area contributed by atoms with E-state index in [0.717, 1.165) is 22.4 Å². The topological polar surface area (TPSA) is 64.3 Å². The Bertz CT molecular complexity index is 442. The van der Waals surface area contributed by atoms with Gasteiger partial charge in [-0.2, -0.15) is 0 Å². The molecular weight excluding hydrogens is 240 g/mol. The second-order valence-corrected chi connectivity index (χ2v) is 4.99. The summed E-state index contributed by atoms with van der Waals surface area (Å²) < 4.78 is 5.40. The van der Waals surface area contributed by atoms with Crippen LogP contribution < -0.4 is 15.8 Å². The monoisotopic (exact) mass is 264 g/mol. The number of hydrogen-bond acceptors (Lipinski definition) is 3. The highest BCUT2D eigenvalue weighted by Gasteiger charge is 2.11. The first-order chi connectivity index (χ1) is 8.99. The summed E-state index contributed by atoms with van der Waals surface area (Å²) in [7, 11) is 1.68. The van der Waals surface area contributed by atoms with E-state index < -0.39 is 0 Å². The van der Waals surface area contributed by atoms with E-state index >= 15 is 0 Å². The molecule has 0 bridgehead atoms. The fourth-order valence-corrected chi connectivity index (χ4v) is 1.98. The van der Waals surface area contributed by atoms with Crippen LogP contribution in [0.2, 0.25) is 0 Å². The Balaban J connectivity index is 2.89. The number of ether oxygens (including phenoxy) is 1. The van der Waals surface area contributed by atoms with Gasteiger partial charge in [-0.25, -0.2) is 0 Å². The van der Waals surface area contributed by atoms with Crippen LogP contribution in [0.15, 0.2) is 12.1 Å². The van der Waals surface area contributed by atoms with Crippen LogP contribution in [0.3, 0.4) is 0 Å². The minimum atomic E-state index is -0.0104. The normalized spacial score (nSPS) is 10.6. The molecule has 19 heavy (non-hydrogen) atoms. The maximum Gasteiger partial charge on any atom is 0.221 e. The standard InChI is InChI=1S/C15H24N2O2/c1-10(2)13-8-12(9-17-15(18)5-6-16)11(3)7-14(13)19-4/h7-8,10H,5-6,9,16H2,1-4H3,(H,17,18). The molecule has 0 aliphatic heterocycles. The van der Waals surface area contributed by atoms with Crippen LogP contribution in [0, 0.1) is 6.92 Å². The molecule has 106 valence electrons. The van der Waals surface area contributed by atoms with E-state index in [-0.39, 0.29) is 5.91 Å². The smallest absolute Gasteiger partial charge is 0.221 e. The Hall–Kier alpha value is -1.55. The Morgan fingerprint density at radius 3 is 2.63 bits per heavy atom. The Morgan fingerprint density at radius 1 is 1.42 bits per heavy atom. The molecule has 0 aliphatic carbocycles. The van der Waals surface area contributed by atoms with E-state index in [4.69, 9.17) is 10.5 Å². The van der Waals surface area contributed by atoms with Crippen molar-refractivity contribution in [2.24, 2.45) is 5.73 Å². The minimum absolute atomic E-state index is 0.0104. The summed E-state index contributed by atoms with van der Waals surface area (Å²) in [5.74, 6) is 1.28. The van der Waals surface area contributed by atoms with Crippen molar-refractivity contribution in [1.82, 2.24) is 5.32 Å². The molecule has 4 nitrogen and oxygen atoms in total. The summed E-state index contributed by atoms with van der Waals surface area (Å²) in [4.78, 5) is 11.5. The van der Waals surface area contributed by atoms with E-state index in [0.29, 0.717) is 25.4 Å². The van der Waals surface area contributed by atoms with Crippen molar-refractivity contribution in [3.05, 3.63) is 28.8 Å². The van der Waals surface area contributed by atoms with Crippen molar-refractivity contribution in [3.63, 3.8) is 0 Å². The SMILES string of the molecule is COc1cc(C)c(CNC(=O)CCN)cc1C(C)C. The molecule has 0 saturated carbocycles. The molecular formula is C15H24N2O2. The fraction of sp³-hybridized carbons (Fsp3) is 0.533. The molecule has 1 amide bonds. The van der Waals surface area contributed by atoms with Crippen molar-refractivity contribution in [2.75, 3.05) is 13.7 Å². The molecule has 0 aliphatic rings. The number of aryl methyl sites for hydroxylation is 1. The first-order valence-electron chi connectivity index (χ1n) is 6.63. The molecule has 0 spiro atoms. The summed E-state index contributed by atoms with van der Waals surface area (Å²) in [5, 5.41) is 2.88. The molecule has 1 aromatic carbocycles. The van der Waals surface area contributed by atoms with Gasteiger partial charge in [-0.1, -0.05) is 13.8 Å². The Labute approximate surface area is 115 Å². The maximum atomic E-state index is 11.5. The average molecular weight is 264 g/mol. The summed E-state index contributed by atoms with van der Waals surface area (Å²) in [5.41, 5.74) is 8.76. The van der Waals surface area contributed by atoms with Gasteiger partial charge in [0.2, 0.25) is 5.91 Å². The lowest BCUT2D eigenvalue weighted by Gasteiger charge is -2.16. The number of nitrogens with one attached hydrogen (secondary N) is 1. The number of methoxy groups -OCH3 is 1. The number of hydrogen-bond donors (Lipinski definition) is 2. The highest BCUT2D eigenvalue weighted by Crippen LogP contribution is 2.29. The van der Waals surface area contributed by atoms with Crippen LogP contribution in [-0.4, -0.2) is 19.6 Å². The van der Waals surface area contributed by atoms with Gasteiger partial charge in [0.05, 0.1) is 7.11 Å². The van der Waals surface area contributed by atoms with Crippen molar-refractivity contribution >= 4 is 5.91 Å². The van der Waals surface area contributed by atoms with Gasteiger partial charge < -0.3 is 15.8 Å². The average Bonchev–Trinajstić information content (AvgIpc) is 2.36. The first kappa shape index (κ1) is 15.5. The highest BCUT2D eigenvalue weighted by molar-refractivity contribution is 5.76. The third-order valence-electron chi connectivity index (χ3n) is 3.16. The molecule has 3 N–H and O–H groups in total. The van der Waals surface area contributed by atoms with Crippen LogP contribution in [0.1, 0.15) is 42.9 Å². The van der Waals surface area contributed by atoms with Crippen LogP contribution in [0.5, 0.6) is 5.75 Å². The highest BCUT2D eigenvalue weighted by atomic mass is 16.5. The second-order valence-electron chi connectivity index (χ2n) is 4.99. The van der Waals surface area contributed by atoms with E-state index in [1.54, 1.807) is 7.11 Å². The lowest BCUT2D eigenvalue weighted by Crippen LogP contribution is -2.25. The van der Waals surface area contributed by atoms with Crippen LogP contribution in [-0.2, 0) is 11.3 Å². The summed E-state index contributed by atoms with van der Waals surface area (Å²) in [6.07, 6.45) is 0.367. The van der Waals surface area contributed by atoms with Gasteiger partial charge in [0.25, 0.3) is 0 Å². The molecule has 0 heterocycles. The van der Waals surface area contributed by atoms with Gasteiger partial charge in [-0.05, 0) is 41.7 Å². The molecule has 0 aromatic heterocycles. The van der Waals surface area contributed by atoms with Gasteiger partial charge in [0, 0.05) is 19.5 Å². The van der Waals surface area contributed by atoms with Crippen LogP contribution in [0.25, 0.3) is 0 Å². The zero-order chi connectivity index (χ0) is 14.4. The third kappa shape index (κ3) is 4.24. The predicted octanol–water partition coefficient (Wildman–Crippen LogP) is 2.09. The number of nitrogens with two attached hydrogens (primary N) is 1. The number of carbonyl (C=O) groups is 1. The van der Waals surface area contributed by atoms with Gasteiger partial charge >= 0.3 is 0 Å². The number of rotatable bonds is 6. The predicted molar refractivity (Wildman–Crippen MR) is 77.3 cm³/mol. The van der Waals surface area contributed by atoms with Crippen molar-refractivity contribution in [3.8, 4) is 5.75 Å².